The fraction of sp³-hybridized carbons (Fsp3) is 0.489. The number of hydrogen-bond acceptors (Lipinski definition) is 10. The monoisotopic (exact) mass is 836 g/mol. The molecule has 8 rings (SSSR count). The van der Waals surface area contributed by atoms with Gasteiger partial charge in [0.25, 0.3) is 0 Å². The number of likely N-dealkylation sites (N-methyl/N-ethyl adjacent to an activating group) is 1. The minimum Gasteiger partial charge on any atom is -0.486 e. The normalized spacial score (nSPS) is 18.7. The molecule has 3 fully saturated rings. The summed E-state index contributed by atoms with van der Waals surface area (Å²) in [6.07, 6.45) is 11.6. The first-order chi connectivity index (χ1) is 29.2. The van der Waals surface area contributed by atoms with Gasteiger partial charge in [0.15, 0.2) is 12.0 Å². The van der Waals surface area contributed by atoms with Gasteiger partial charge >= 0.3 is 12.1 Å². The third kappa shape index (κ3) is 8.68. The minimum absolute atomic E-state index is 0.0514. The number of carbonyl (C=O) groups is 1. The van der Waals surface area contributed by atoms with E-state index >= 15 is 8.78 Å². The van der Waals surface area contributed by atoms with Gasteiger partial charge in [-0.15, -0.1) is 6.42 Å². The lowest BCUT2D eigenvalue weighted by Crippen LogP contribution is -2.39. The number of hydrogen-bond donors (Lipinski definition) is 0. The van der Waals surface area contributed by atoms with Crippen LogP contribution in [0.3, 0.4) is 0 Å². The molecule has 0 radical (unpaired) electrons. The summed E-state index contributed by atoms with van der Waals surface area (Å²) in [4.78, 5) is 27.0. The Hall–Kier alpha value is -5.52. The molecule has 12 nitrogen and oxygen atoms in total. The molecule has 1 saturated carbocycles. The zero-order valence-electron chi connectivity index (χ0n) is 36.0. The molecule has 0 spiro atoms. The lowest BCUT2D eigenvalue weighted by Gasteiger charge is -2.29. The molecule has 3 aliphatic rings. The smallest absolute Gasteiger partial charge is 0.410 e. The van der Waals surface area contributed by atoms with Crippen molar-refractivity contribution in [1.29, 1.82) is 0 Å². The second-order valence-electron chi connectivity index (χ2n) is 17.5. The second kappa shape index (κ2) is 17.1. The molecular formula is C47H54F2N6O6. The molecule has 3 atom stereocenters. The Labute approximate surface area is 355 Å². The van der Waals surface area contributed by atoms with Crippen molar-refractivity contribution in [3.63, 3.8) is 0 Å². The standard InChI is InChI=1S/C47H54F2N6O6/c1-9-30-14-13-29(20-37(30)49)26-59-43-41(40-28(3)36(48)22-38-35(40)23-50-55(38)39-12-10-11-19-58-39)33(31-15-16-31)21-34-42(43)51-45(60-25-27(2)57-8)52-44(34)53(7)32-17-18-54(24-32)46(56)61-47(4,5)6/h1,13-14,20-23,27,31-32,39H,10-12,15-19,24-26H2,2-8H3/t27-,32-,39?/m0/s1. The number of terminal acetylenes is 1. The average Bonchev–Trinajstić information content (AvgIpc) is 3.81. The van der Waals surface area contributed by atoms with Gasteiger partial charge in [0, 0.05) is 67.9 Å². The molecule has 1 amide bonds. The van der Waals surface area contributed by atoms with Crippen molar-refractivity contribution in [3.05, 3.63) is 70.4 Å². The zero-order valence-corrected chi connectivity index (χ0v) is 36.0. The molecule has 61 heavy (non-hydrogen) atoms. The third-order valence-corrected chi connectivity index (χ3v) is 11.8. The minimum atomic E-state index is -0.633. The lowest BCUT2D eigenvalue weighted by atomic mass is 9.88. The first-order valence-electron chi connectivity index (χ1n) is 21.2. The Morgan fingerprint density at radius 3 is 2.54 bits per heavy atom. The first kappa shape index (κ1) is 42.2. The molecule has 322 valence electrons. The van der Waals surface area contributed by atoms with E-state index in [1.807, 2.05) is 34.7 Å². The van der Waals surface area contributed by atoms with Crippen LogP contribution in [0.15, 0.2) is 36.5 Å². The molecule has 1 aliphatic carbocycles. The van der Waals surface area contributed by atoms with E-state index in [9.17, 15) is 4.79 Å². The number of aromatic nitrogens is 4. The number of amides is 1. The number of carbonyl (C=O) groups excluding carboxylic acids is 1. The maximum Gasteiger partial charge on any atom is 0.410 e. The Kier molecular flexibility index (Phi) is 11.8. The predicted octanol–water partition coefficient (Wildman–Crippen LogP) is 9.23. The van der Waals surface area contributed by atoms with E-state index in [2.05, 4.69) is 16.9 Å². The maximum atomic E-state index is 16.5. The van der Waals surface area contributed by atoms with E-state index in [1.165, 1.54) is 12.1 Å². The van der Waals surface area contributed by atoms with E-state index in [4.69, 9.17) is 45.2 Å². The number of halogens is 2. The number of nitrogens with zero attached hydrogens (tertiary/aromatic N) is 6. The number of ether oxygens (including phenoxy) is 5. The third-order valence-electron chi connectivity index (χ3n) is 11.8. The van der Waals surface area contributed by atoms with Crippen LogP contribution in [-0.2, 0) is 20.8 Å². The zero-order chi connectivity index (χ0) is 43.2. The van der Waals surface area contributed by atoms with Crippen molar-refractivity contribution in [2.45, 2.75) is 110 Å². The summed E-state index contributed by atoms with van der Waals surface area (Å²) in [6.45, 7) is 10.9. The Morgan fingerprint density at radius 2 is 1.85 bits per heavy atom. The fourth-order valence-corrected chi connectivity index (χ4v) is 8.30. The molecule has 0 N–H and O–H groups in total. The number of likely N-dealkylation sites (tertiary alicyclic amines) is 1. The Bertz CT molecular complexity index is 2500. The topological polar surface area (TPSA) is 113 Å². The van der Waals surface area contributed by atoms with Crippen molar-refractivity contribution in [3.8, 4) is 35.2 Å². The lowest BCUT2D eigenvalue weighted by molar-refractivity contribution is -0.0366. The SMILES string of the molecule is C#Cc1ccc(COc2c(-c3c(C)c(F)cc4c3cnn4C3CCCCO3)c(C3CC3)cc3c(N(C)[C@H]4CCN(C(=O)OC(C)(C)C)C4)nc(OC[C@H](C)OC)nc23)cc1F. The van der Waals surface area contributed by atoms with Gasteiger partial charge in [0.1, 0.15) is 41.8 Å². The molecule has 2 saturated heterocycles. The van der Waals surface area contributed by atoms with Crippen LogP contribution in [-0.4, -0.2) is 88.9 Å². The van der Waals surface area contributed by atoms with Crippen LogP contribution in [0.2, 0.25) is 0 Å². The average molecular weight is 837 g/mol. The highest BCUT2D eigenvalue weighted by Gasteiger charge is 2.37. The molecule has 2 aliphatic heterocycles. The molecule has 2 aromatic heterocycles. The summed E-state index contributed by atoms with van der Waals surface area (Å²) < 4.78 is 63.9. The van der Waals surface area contributed by atoms with Crippen LogP contribution in [0.1, 0.15) is 101 Å². The van der Waals surface area contributed by atoms with Gasteiger partial charge in [-0.3, -0.25) is 0 Å². The molecule has 4 heterocycles. The number of rotatable bonds is 12. The Morgan fingerprint density at radius 1 is 1.05 bits per heavy atom. The molecular weight excluding hydrogens is 783 g/mol. The number of methoxy groups -OCH3 is 1. The highest BCUT2D eigenvalue weighted by atomic mass is 19.1. The molecule has 5 aromatic rings. The van der Waals surface area contributed by atoms with Crippen molar-refractivity contribution in [2.24, 2.45) is 0 Å². The van der Waals surface area contributed by atoms with E-state index in [0.29, 0.717) is 76.4 Å². The van der Waals surface area contributed by atoms with Crippen LogP contribution < -0.4 is 14.4 Å². The summed E-state index contributed by atoms with van der Waals surface area (Å²) in [6, 6.07) is 8.26. The van der Waals surface area contributed by atoms with E-state index in [0.717, 1.165) is 43.1 Å². The van der Waals surface area contributed by atoms with Crippen molar-refractivity contribution >= 4 is 33.7 Å². The quantitative estimate of drug-likeness (QED) is 0.113. The van der Waals surface area contributed by atoms with Crippen LogP contribution in [0.5, 0.6) is 11.8 Å². The fourth-order valence-electron chi connectivity index (χ4n) is 8.30. The Balaban J connectivity index is 1.35. The van der Waals surface area contributed by atoms with Crippen LogP contribution >= 0.6 is 0 Å². The summed E-state index contributed by atoms with van der Waals surface area (Å²) in [7, 11) is 3.56. The van der Waals surface area contributed by atoms with Gasteiger partial charge in [0.05, 0.1) is 23.4 Å². The number of fused-ring (bicyclic) bond motifs is 2. The summed E-state index contributed by atoms with van der Waals surface area (Å²) in [5.41, 5.74) is 3.80. The van der Waals surface area contributed by atoms with Gasteiger partial charge < -0.3 is 33.5 Å². The van der Waals surface area contributed by atoms with E-state index in [1.54, 1.807) is 41.9 Å². The van der Waals surface area contributed by atoms with Crippen LogP contribution in [0, 0.1) is 30.9 Å². The summed E-state index contributed by atoms with van der Waals surface area (Å²) >= 11 is 0. The van der Waals surface area contributed by atoms with Crippen LogP contribution in [0.4, 0.5) is 19.4 Å². The van der Waals surface area contributed by atoms with Gasteiger partial charge in [-0.25, -0.2) is 18.3 Å². The van der Waals surface area contributed by atoms with E-state index in [-0.39, 0.29) is 55.2 Å². The number of anilines is 1. The van der Waals surface area contributed by atoms with Gasteiger partial charge in [0.2, 0.25) is 0 Å². The molecule has 1 unspecified atom stereocenters. The molecule has 3 aromatic carbocycles. The number of benzene rings is 3. The van der Waals surface area contributed by atoms with Gasteiger partial charge in [-0.1, -0.05) is 12.0 Å². The summed E-state index contributed by atoms with van der Waals surface area (Å²) in [5, 5.41) is 6.23. The van der Waals surface area contributed by atoms with Gasteiger partial charge in [-0.05, 0) is 114 Å². The molecule has 0 bridgehead atoms. The van der Waals surface area contributed by atoms with E-state index < -0.39 is 17.2 Å². The molecule has 14 heteroatoms. The highest BCUT2D eigenvalue weighted by molar-refractivity contribution is 6.06. The summed E-state index contributed by atoms with van der Waals surface area (Å²) in [5.74, 6) is 2.54. The van der Waals surface area contributed by atoms with Gasteiger partial charge in [-0.2, -0.15) is 15.1 Å². The second-order valence-corrected chi connectivity index (χ2v) is 17.5. The van der Waals surface area contributed by atoms with Crippen molar-refractivity contribution < 1.29 is 37.3 Å². The largest absolute Gasteiger partial charge is 0.486 e. The highest BCUT2D eigenvalue weighted by Crippen LogP contribution is 2.53. The maximum absolute atomic E-state index is 16.5. The first-order valence-corrected chi connectivity index (χ1v) is 21.2. The van der Waals surface area contributed by atoms with Crippen molar-refractivity contribution in [2.75, 3.05) is 45.4 Å². The van der Waals surface area contributed by atoms with Crippen molar-refractivity contribution in [1.82, 2.24) is 24.6 Å². The van der Waals surface area contributed by atoms with Crippen LogP contribution in [0.25, 0.3) is 32.9 Å². The predicted molar refractivity (Wildman–Crippen MR) is 229 cm³/mol.